The molecule has 0 N–H and O–H groups in total. The van der Waals surface area contributed by atoms with E-state index in [1.165, 1.54) is 12.1 Å². The van der Waals surface area contributed by atoms with Gasteiger partial charge in [-0.15, -0.1) is 0 Å². The second-order valence-corrected chi connectivity index (χ2v) is 8.04. The van der Waals surface area contributed by atoms with Gasteiger partial charge in [-0.25, -0.2) is 13.4 Å². The summed E-state index contributed by atoms with van der Waals surface area (Å²) in [6, 6.07) is 0. The third-order valence-electron chi connectivity index (χ3n) is 4.18. The fourth-order valence-electron chi connectivity index (χ4n) is 3.19. The van der Waals surface area contributed by atoms with Gasteiger partial charge in [0.2, 0.25) is 0 Å². The molecule has 1 aromatic rings. The molecule has 4 nitrogen and oxygen atoms in total. The minimum atomic E-state index is -2.85. The molecule has 0 amide bonds. The lowest BCUT2D eigenvalue weighted by atomic mass is 9.99. The number of aryl methyl sites for hydroxylation is 1. The highest BCUT2D eigenvalue weighted by atomic mass is 32.2. The topological polar surface area (TPSA) is 52.0 Å². The van der Waals surface area contributed by atoms with Crippen LogP contribution in [0.3, 0.4) is 0 Å². The predicted molar refractivity (Wildman–Crippen MR) is 70.3 cm³/mol. The highest BCUT2D eigenvalue weighted by Crippen LogP contribution is 2.31. The quantitative estimate of drug-likeness (QED) is 0.780. The summed E-state index contributed by atoms with van der Waals surface area (Å²) in [6.45, 7) is 3.26. The van der Waals surface area contributed by atoms with E-state index < -0.39 is 9.84 Å². The van der Waals surface area contributed by atoms with Gasteiger partial charge in [-0.05, 0) is 31.6 Å². The fraction of sp³-hybridized carbons (Fsp3) is 0.769. The van der Waals surface area contributed by atoms with Crippen molar-refractivity contribution in [2.75, 3.05) is 11.5 Å². The zero-order chi connectivity index (χ0) is 12.8. The molecular formula is C13H20N2O2S. The number of rotatable bonds is 1. The molecule has 1 aromatic heterocycles. The Kier molecular flexibility index (Phi) is 2.96. The molecule has 2 atom stereocenters. The number of sulfone groups is 1. The molecule has 0 spiro atoms. The van der Waals surface area contributed by atoms with Gasteiger partial charge < -0.3 is 4.57 Å². The molecule has 100 valence electrons. The molecule has 2 unspecified atom stereocenters. The molecule has 2 aliphatic heterocycles. The smallest absolute Gasteiger partial charge is 0.151 e. The number of nitrogens with zero attached hydrogens (tertiary/aromatic N) is 2. The van der Waals surface area contributed by atoms with Crippen LogP contribution in [0.15, 0.2) is 6.20 Å². The Bertz CT molecular complexity index is 547. The highest BCUT2D eigenvalue weighted by molar-refractivity contribution is 7.91. The number of aromatic nitrogens is 2. The van der Waals surface area contributed by atoms with Crippen LogP contribution >= 0.6 is 0 Å². The summed E-state index contributed by atoms with van der Waals surface area (Å²) in [6.07, 6.45) is 5.99. The van der Waals surface area contributed by atoms with Crippen LogP contribution in [0, 0.1) is 5.92 Å². The van der Waals surface area contributed by atoms with Crippen molar-refractivity contribution in [2.24, 2.45) is 5.92 Å². The summed E-state index contributed by atoms with van der Waals surface area (Å²) >= 11 is 0. The number of imidazole rings is 1. The molecule has 18 heavy (non-hydrogen) atoms. The monoisotopic (exact) mass is 268 g/mol. The van der Waals surface area contributed by atoms with Crippen LogP contribution in [0.1, 0.15) is 43.6 Å². The summed E-state index contributed by atoms with van der Waals surface area (Å²) in [5.74, 6) is 2.44. The van der Waals surface area contributed by atoms with Crippen LogP contribution in [-0.4, -0.2) is 29.5 Å². The zero-order valence-electron chi connectivity index (χ0n) is 10.8. The van der Waals surface area contributed by atoms with E-state index in [1.807, 2.05) is 6.20 Å². The minimum absolute atomic E-state index is 0.114. The average molecular weight is 268 g/mol. The van der Waals surface area contributed by atoms with Crippen molar-refractivity contribution < 1.29 is 8.42 Å². The lowest BCUT2D eigenvalue weighted by molar-refractivity contribution is 0.382. The van der Waals surface area contributed by atoms with E-state index in [0.717, 1.165) is 31.6 Å². The summed E-state index contributed by atoms with van der Waals surface area (Å²) in [5, 5.41) is 0. The first-order valence-corrected chi connectivity index (χ1v) is 8.62. The Morgan fingerprint density at radius 2 is 2.22 bits per heavy atom. The van der Waals surface area contributed by atoms with Gasteiger partial charge in [0.15, 0.2) is 9.84 Å². The lowest BCUT2D eigenvalue weighted by Gasteiger charge is -2.27. The Labute approximate surface area is 108 Å². The van der Waals surface area contributed by atoms with Crippen molar-refractivity contribution in [3.05, 3.63) is 17.7 Å². The van der Waals surface area contributed by atoms with Gasteiger partial charge in [0, 0.05) is 24.4 Å². The fourth-order valence-corrected chi connectivity index (χ4v) is 4.89. The van der Waals surface area contributed by atoms with Crippen molar-refractivity contribution in [1.29, 1.82) is 0 Å². The molecule has 0 radical (unpaired) electrons. The lowest BCUT2D eigenvalue weighted by Crippen LogP contribution is -2.28. The van der Waals surface area contributed by atoms with Crippen LogP contribution < -0.4 is 0 Å². The van der Waals surface area contributed by atoms with E-state index >= 15 is 0 Å². The van der Waals surface area contributed by atoms with Crippen LogP contribution in [0.25, 0.3) is 0 Å². The molecule has 0 saturated carbocycles. The standard InChI is InChI=1S/C13H20N2O2S/c1-10-4-5-12-7-14-13(15(12)8-10)11-3-2-6-18(16,17)9-11/h7,10-11H,2-6,8-9H2,1H3. The minimum Gasteiger partial charge on any atom is -0.332 e. The van der Waals surface area contributed by atoms with Crippen LogP contribution in [-0.2, 0) is 22.8 Å². The predicted octanol–water partition coefficient (Wildman–Crippen LogP) is 1.76. The molecule has 3 rings (SSSR count). The number of fused-ring (bicyclic) bond motifs is 1. The molecule has 1 fully saturated rings. The normalized spacial score (nSPS) is 30.9. The SMILES string of the molecule is CC1CCc2cnc(C3CCCS(=O)(=O)C3)n2C1. The van der Waals surface area contributed by atoms with E-state index in [9.17, 15) is 8.42 Å². The average Bonchev–Trinajstić information content (AvgIpc) is 2.70. The molecule has 0 aromatic carbocycles. The highest BCUT2D eigenvalue weighted by Gasteiger charge is 2.30. The van der Waals surface area contributed by atoms with Crippen molar-refractivity contribution in [3.63, 3.8) is 0 Å². The summed E-state index contributed by atoms with van der Waals surface area (Å²) < 4.78 is 25.8. The second-order valence-electron chi connectivity index (χ2n) is 5.82. The van der Waals surface area contributed by atoms with Gasteiger partial charge in [-0.1, -0.05) is 6.92 Å². The van der Waals surface area contributed by atoms with Gasteiger partial charge in [0.1, 0.15) is 5.82 Å². The van der Waals surface area contributed by atoms with Gasteiger partial charge >= 0.3 is 0 Å². The summed E-state index contributed by atoms with van der Waals surface area (Å²) in [7, 11) is -2.85. The molecule has 5 heteroatoms. The third-order valence-corrected chi connectivity index (χ3v) is 6.01. The van der Waals surface area contributed by atoms with E-state index in [4.69, 9.17) is 0 Å². The van der Waals surface area contributed by atoms with E-state index in [-0.39, 0.29) is 11.7 Å². The third kappa shape index (κ3) is 2.20. The first kappa shape index (κ1) is 12.2. The second kappa shape index (κ2) is 4.37. The molecule has 0 bridgehead atoms. The Morgan fingerprint density at radius 1 is 1.39 bits per heavy atom. The first-order chi connectivity index (χ1) is 8.55. The Balaban J connectivity index is 1.91. The van der Waals surface area contributed by atoms with Crippen molar-refractivity contribution in [2.45, 2.75) is 45.1 Å². The number of hydrogen-bond donors (Lipinski definition) is 0. The maximum Gasteiger partial charge on any atom is 0.151 e. The van der Waals surface area contributed by atoms with Crippen molar-refractivity contribution in [3.8, 4) is 0 Å². The number of hydrogen-bond acceptors (Lipinski definition) is 3. The maximum atomic E-state index is 11.8. The molecule has 3 heterocycles. The molecule has 2 aliphatic rings. The van der Waals surface area contributed by atoms with Crippen molar-refractivity contribution >= 4 is 9.84 Å². The summed E-state index contributed by atoms with van der Waals surface area (Å²) in [4.78, 5) is 4.52. The Morgan fingerprint density at radius 3 is 3.00 bits per heavy atom. The van der Waals surface area contributed by atoms with Crippen molar-refractivity contribution in [1.82, 2.24) is 9.55 Å². The maximum absolute atomic E-state index is 11.8. The van der Waals surface area contributed by atoms with Crippen LogP contribution in [0.4, 0.5) is 0 Å². The molecular weight excluding hydrogens is 248 g/mol. The van der Waals surface area contributed by atoms with Gasteiger partial charge in [-0.3, -0.25) is 0 Å². The van der Waals surface area contributed by atoms with E-state index in [0.29, 0.717) is 11.7 Å². The van der Waals surface area contributed by atoms with Gasteiger partial charge in [-0.2, -0.15) is 0 Å². The van der Waals surface area contributed by atoms with Gasteiger partial charge in [0.05, 0.1) is 11.5 Å². The van der Waals surface area contributed by atoms with E-state index in [2.05, 4.69) is 16.5 Å². The first-order valence-electron chi connectivity index (χ1n) is 6.80. The zero-order valence-corrected chi connectivity index (χ0v) is 11.6. The summed E-state index contributed by atoms with van der Waals surface area (Å²) in [5.41, 5.74) is 1.28. The molecule has 1 saturated heterocycles. The van der Waals surface area contributed by atoms with Crippen LogP contribution in [0.2, 0.25) is 0 Å². The van der Waals surface area contributed by atoms with Gasteiger partial charge in [0.25, 0.3) is 0 Å². The molecule has 0 aliphatic carbocycles. The van der Waals surface area contributed by atoms with E-state index in [1.54, 1.807) is 0 Å². The Hall–Kier alpha value is -0.840. The van der Waals surface area contributed by atoms with Crippen LogP contribution in [0.5, 0.6) is 0 Å². The largest absolute Gasteiger partial charge is 0.332 e.